The number of aliphatic imine (C=N–C) groups is 1. The van der Waals surface area contributed by atoms with Gasteiger partial charge in [0.05, 0.1) is 19.3 Å². The van der Waals surface area contributed by atoms with Crippen molar-refractivity contribution >= 4 is 29.9 Å². The molecule has 5 nitrogen and oxygen atoms in total. The second-order valence-electron chi connectivity index (χ2n) is 8.04. The number of nitrogens with zero attached hydrogens (tertiary/aromatic N) is 1. The summed E-state index contributed by atoms with van der Waals surface area (Å²) < 4.78 is 25.1. The summed E-state index contributed by atoms with van der Waals surface area (Å²) in [5.41, 5.74) is 3.99. The molecule has 1 aliphatic heterocycles. The van der Waals surface area contributed by atoms with Crippen molar-refractivity contribution in [2.45, 2.75) is 45.9 Å². The average molecular weight is 555 g/mol. The third-order valence-corrected chi connectivity index (χ3v) is 5.56. The zero-order chi connectivity index (χ0) is 22.1. The second-order valence-corrected chi connectivity index (χ2v) is 8.04. The van der Waals surface area contributed by atoms with E-state index >= 15 is 0 Å². The Morgan fingerprint density at radius 3 is 2.69 bits per heavy atom. The first-order valence-electron chi connectivity index (χ1n) is 11.1. The number of hydrogen-bond donors (Lipinski definition) is 2. The maximum Gasteiger partial charge on any atom is 0.191 e. The molecule has 1 saturated heterocycles. The van der Waals surface area contributed by atoms with Crippen LogP contribution in [0.15, 0.2) is 47.5 Å². The third-order valence-electron chi connectivity index (χ3n) is 5.56. The van der Waals surface area contributed by atoms with E-state index in [2.05, 4.69) is 41.8 Å². The third kappa shape index (κ3) is 7.71. The Kier molecular flexibility index (Phi) is 11.4. The molecule has 32 heavy (non-hydrogen) atoms. The number of methoxy groups -OCH3 is 1. The van der Waals surface area contributed by atoms with Gasteiger partial charge in [0.2, 0.25) is 0 Å². The minimum atomic E-state index is -0.251. The topological polar surface area (TPSA) is 54.9 Å². The van der Waals surface area contributed by atoms with Crippen LogP contribution in [0.5, 0.6) is 0 Å². The molecule has 1 aliphatic rings. The fourth-order valence-corrected chi connectivity index (χ4v) is 3.91. The quantitative estimate of drug-likeness (QED) is 0.270. The van der Waals surface area contributed by atoms with Gasteiger partial charge in [-0.2, -0.15) is 0 Å². The summed E-state index contributed by atoms with van der Waals surface area (Å²) in [7, 11) is 1.57. The van der Waals surface area contributed by atoms with Gasteiger partial charge in [-0.25, -0.2) is 9.38 Å². The van der Waals surface area contributed by atoms with Gasteiger partial charge in [0, 0.05) is 38.3 Å². The number of aryl methyl sites for hydroxylation is 1. The molecule has 2 atom stereocenters. The van der Waals surface area contributed by atoms with Gasteiger partial charge in [0.15, 0.2) is 5.96 Å². The first-order chi connectivity index (χ1) is 15.1. The van der Waals surface area contributed by atoms with E-state index in [1.54, 1.807) is 13.2 Å². The molecule has 0 spiro atoms. The molecule has 1 heterocycles. The largest absolute Gasteiger partial charge is 0.380 e. The van der Waals surface area contributed by atoms with Gasteiger partial charge >= 0.3 is 0 Å². The van der Waals surface area contributed by atoms with Crippen molar-refractivity contribution in [2.75, 3.05) is 26.8 Å². The molecule has 0 aliphatic carbocycles. The zero-order valence-corrected chi connectivity index (χ0v) is 21.5. The van der Waals surface area contributed by atoms with Crippen molar-refractivity contribution in [3.63, 3.8) is 0 Å². The summed E-state index contributed by atoms with van der Waals surface area (Å²) >= 11 is 0. The van der Waals surface area contributed by atoms with Crippen molar-refractivity contribution in [3.8, 4) is 0 Å². The minimum Gasteiger partial charge on any atom is -0.380 e. The lowest BCUT2D eigenvalue weighted by molar-refractivity contribution is -0.0265. The highest BCUT2D eigenvalue weighted by Gasteiger charge is 2.27. The maximum absolute atomic E-state index is 13.8. The highest BCUT2D eigenvalue weighted by atomic mass is 127. The molecule has 1 fully saturated rings. The molecule has 176 valence electrons. The average Bonchev–Trinajstić information content (AvgIpc) is 2.78. The van der Waals surface area contributed by atoms with Crippen LogP contribution in [0.1, 0.15) is 48.1 Å². The van der Waals surface area contributed by atoms with Crippen LogP contribution in [-0.2, 0) is 22.6 Å². The number of nitrogens with one attached hydrogen (secondary N) is 2. The summed E-state index contributed by atoms with van der Waals surface area (Å²) in [4.78, 5) is 4.70. The van der Waals surface area contributed by atoms with Crippen molar-refractivity contribution in [3.05, 3.63) is 70.5 Å². The first kappa shape index (κ1) is 26.5. The molecular formula is C25H35FIN3O2. The molecule has 0 amide bonds. The van der Waals surface area contributed by atoms with E-state index in [4.69, 9.17) is 14.5 Å². The van der Waals surface area contributed by atoms with E-state index in [1.165, 1.54) is 17.2 Å². The summed E-state index contributed by atoms with van der Waals surface area (Å²) in [5, 5.41) is 6.79. The van der Waals surface area contributed by atoms with E-state index in [9.17, 15) is 4.39 Å². The highest BCUT2D eigenvalue weighted by Crippen LogP contribution is 2.33. The summed E-state index contributed by atoms with van der Waals surface area (Å²) in [6.07, 6.45) is 2.28. The summed E-state index contributed by atoms with van der Waals surface area (Å²) in [6, 6.07) is 13.7. The zero-order valence-electron chi connectivity index (χ0n) is 19.2. The first-order valence-corrected chi connectivity index (χ1v) is 11.1. The van der Waals surface area contributed by atoms with Crippen LogP contribution < -0.4 is 10.6 Å². The van der Waals surface area contributed by atoms with Gasteiger partial charge in [0.25, 0.3) is 0 Å². The van der Waals surface area contributed by atoms with Gasteiger partial charge in [-0.3, -0.25) is 0 Å². The highest BCUT2D eigenvalue weighted by molar-refractivity contribution is 14.0. The van der Waals surface area contributed by atoms with Crippen molar-refractivity contribution < 1.29 is 13.9 Å². The molecule has 0 saturated carbocycles. The molecule has 2 aromatic rings. The Morgan fingerprint density at radius 2 is 1.97 bits per heavy atom. The smallest absolute Gasteiger partial charge is 0.191 e. The molecule has 2 N–H and O–H groups in total. The van der Waals surface area contributed by atoms with Gasteiger partial charge < -0.3 is 20.1 Å². The van der Waals surface area contributed by atoms with E-state index < -0.39 is 0 Å². The lowest BCUT2D eigenvalue weighted by Gasteiger charge is -2.32. The number of rotatable bonds is 8. The number of halogens is 2. The molecule has 3 rings (SSSR count). The monoisotopic (exact) mass is 555 g/mol. The van der Waals surface area contributed by atoms with Gasteiger partial charge in [0.1, 0.15) is 5.82 Å². The Morgan fingerprint density at radius 1 is 1.19 bits per heavy atom. The summed E-state index contributed by atoms with van der Waals surface area (Å²) in [6.45, 7) is 7.22. The normalized spacial score (nSPS) is 18.7. The molecule has 0 radical (unpaired) electrons. The predicted octanol–water partition coefficient (Wildman–Crippen LogP) is 5.12. The number of hydrogen-bond acceptors (Lipinski definition) is 3. The molecule has 7 heteroatoms. The van der Waals surface area contributed by atoms with Gasteiger partial charge in [-0.15, -0.1) is 24.0 Å². The van der Waals surface area contributed by atoms with Crippen LogP contribution in [0.25, 0.3) is 0 Å². The molecule has 0 bridgehead atoms. The SMILES string of the molecule is CCNC(=NCc1ccc(F)c(COC)c1)NCC1CCCOC1c1ccc(C)cc1.I. The van der Waals surface area contributed by atoms with E-state index in [0.29, 0.717) is 18.0 Å². The van der Waals surface area contributed by atoms with Crippen LogP contribution in [0, 0.1) is 18.7 Å². The maximum atomic E-state index is 13.8. The van der Waals surface area contributed by atoms with Crippen LogP contribution >= 0.6 is 24.0 Å². The van der Waals surface area contributed by atoms with Crippen LogP contribution in [-0.4, -0.2) is 32.8 Å². The summed E-state index contributed by atoms with van der Waals surface area (Å²) in [5.74, 6) is 0.881. The standard InChI is InChI=1S/C25H34FN3O2.HI/c1-4-27-25(28-15-19-9-12-23(26)22(14-19)17-30-3)29-16-21-6-5-13-31-24(21)20-10-7-18(2)8-11-20;/h7-12,14,21,24H,4-6,13,15-17H2,1-3H3,(H2,27,28,29);1H. The van der Waals surface area contributed by atoms with Crippen LogP contribution in [0.4, 0.5) is 4.39 Å². The van der Waals surface area contributed by atoms with Gasteiger partial charge in [-0.05, 0) is 49.9 Å². The fourth-order valence-electron chi connectivity index (χ4n) is 3.91. The van der Waals surface area contributed by atoms with E-state index in [1.807, 2.05) is 13.0 Å². The van der Waals surface area contributed by atoms with Crippen LogP contribution in [0.2, 0.25) is 0 Å². The molecule has 0 aromatic heterocycles. The second kappa shape index (κ2) is 13.7. The van der Waals surface area contributed by atoms with Crippen molar-refractivity contribution in [1.29, 1.82) is 0 Å². The Bertz CT molecular complexity index is 861. The minimum absolute atomic E-state index is 0. The molecular weight excluding hydrogens is 520 g/mol. The number of benzene rings is 2. The van der Waals surface area contributed by atoms with Gasteiger partial charge in [-0.1, -0.05) is 35.9 Å². The van der Waals surface area contributed by atoms with Crippen LogP contribution in [0.3, 0.4) is 0 Å². The molecule has 2 unspecified atom stereocenters. The fraction of sp³-hybridized carbons (Fsp3) is 0.480. The Balaban J connectivity index is 0.00000363. The Hall–Kier alpha value is -1.71. The van der Waals surface area contributed by atoms with Crippen molar-refractivity contribution in [2.24, 2.45) is 10.9 Å². The lowest BCUT2D eigenvalue weighted by atomic mass is 9.89. The molecule has 2 aromatic carbocycles. The van der Waals surface area contributed by atoms with E-state index in [0.717, 1.165) is 44.1 Å². The van der Waals surface area contributed by atoms with E-state index in [-0.39, 0.29) is 42.5 Å². The Labute approximate surface area is 208 Å². The lowest BCUT2D eigenvalue weighted by Crippen LogP contribution is -2.42. The number of ether oxygens (including phenoxy) is 2. The predicted molar refractivity (Wildman–Crippen MR) is 138 cm³/mol. The number of guanidine groups is 1. The van der Waals surface area contributed by atoms with Crippen molar-refractivity contribution in [1.82, 2.24) is 10.6 Å².